The molecule has 0 radical (unpaired) electrons. The molecular weight excluding hydrogens is 2010 g/mol. The van der Waals surface area contributed by atoms with Crippen molar-refractivity contribution in [3.05, 3.63) is 310 Å². The average molecular weight is 2090 g/mol. The number of methoxy groups -OCH3 is 1. The number of pyridine rings is 3. The van der Waals surface area contributed by atoms with Crippen LogP contribution in [0.1, 0.15) is 55.1 Å². The molecule has 0 fully saturated rings. The fraction of sp³-hybridized carbons (Fsp3) is 0.124. The van der Waals surface area contributed by atoms with Crippen LogP contribution in [-0.4, -0.2) is 118 Å². The van der Waals surface area contributed by atoms with Crippen molar-refractivity contribution in [2.45, 2.75) is 73.3 Å². The summed E-state index contributed by atoms with van der Waals surface area (Å²) in [6.07, 6.45) is 1.22. The zero-order chi connectivity index (χ0) is 106. The highest BCUT2D eigenvalue weighted by Gasteiger charge is 2.32. The Morgan fingerprint density at radius 1 is 0.349 bits per heavy atom. The number of aryl methyl sites for hydroxylation is 5. The maximum absolute atomic E-state index is 14.6. The molecule has 15 N–H and O–H groups in total. The Morgan fingerprint density at radius 3 is 1.06 bits per heavy atom. The molecule has 7 aromatic carbocycles. The first-order valence-electron chi connectivity index (χ1n) is 43.8. The van der Waals surface area contributed by atoms with Crippen LogP contribution in [0.2, 0.25) is 5.02 Å². The van der Waals surface area contributed by atoms with E-state index in [4.69, 9.17) is 45.0 Å². The number of nitrogens with zero attached hydrogens (tertiary/aromatic N) is 20. The van der Waals surface area contributed by atoms with Crippen LogP contribution in [0.5, 0.6) is 17.2 Å². The summed E-state index contributed by atoms with van der Waals surface area (Å²) in [6, 6.07) is 41.9. The molecule has 52 heteroatoms. The monoisotopic (exact) mass is 2080 g/mol. The Kier molecular flexibility index (Phi) is 30.2. The lowest BCUT2D eigenvalue weighted by atomic mass is 10.1. The number of rotatable bonds is 23. The maximum Gasteiger partial charge on any atom is 0.416 e. The van der Waals surface area contributed by atoms with Crippen molar-refractivity contribution in [3.63, 3.8) is 0 Å². The average Bonchev–Trinajstić information content (AvgIpc) is 1.65. The number of hydrogen-bond donors (Lipinski definition) is 10. The van der Waals surface area contributed by atoms with Crippen molar-refractivity contribution in [2.75, 3.05) is 62.4 Å². The number of anilines is 15. The quantitative estimate of drug-likeness (QED) is 0.0266. The number of aromatic nitrogens is 20. The predicted octanol–water partition coefficient (Wildman–Crippen LogP) is 22.4. The lowest BCUT2D eigenvalue weighted by Gasteiger charge is -2.12. The number of nitrogens with one attached hydrogen (secondary N) is 5. The summed E-state index contributed by atoms with van der Waals surface area (Å²) in [4.78, 5) is 49.7. The Labute approximate surface area is 832 Å². The van der Waals surface area contributed by atoms with Crippen molar-refractivity contribution < 1.29 is 93.2 Å². The van der Waals surface area contributed by atoms with Gasteiger partial charge in [0.15, 0.2) is 87.2 Å². The molecule has 0 aliphatic carbocycles. The van der Waals surface area contributed by atoms with Gasteiger partial charge >= 0.3 is 19.4 Å². The number of nitrogen functional groups attached to an aromatic ring is 5. The molecule has 20 rings (SSSR count). The van der Waals surface area contributed by atoms with Gasteiger partial charge in [-0.3, -0.25) is 9.13 Å². The largest absolute Gasteiger partial charge is 0.497 e. The summed E-state index contributed by atoms with van der Waals surface area (Å²) in [7, 11) is 1.53. The molecule has 764 valence electrons. The molecule has 0 unspecified atom stereocenters. The van der Waals surface area contributed by atoms with E-state index < -0.39 is 118 Å². The van der Waals surface area contributed by atoms with Gasteiger partial charge in [0.1, 0.15) is 52.2 Å². The molecule has 0 saturated heterocycles. The van der Waals surface area contributed by atoms with Crippen LogP contribution in [0.4, 0.5) is 166 Å². The van der Waals surface area contributed by atoms with Crippen LogP contribution in [-0.2, 0) is 25.4 Å². The van der Waals surface area contributed by atoms with Gasteiger partial charge in [-0.15, -0.1) is 0 Å². The molecule has 0 spiro atoms. The fourth-order valence-electron chi connectivity index (χ4n) is 15.0. The lowest BCUT2D eigenvalue weighted by molar-refractivity contribution is -0.137. The molecule has 0 aliphatic heterocycles. The highest BCUT2D eigenvalue weighted by molar-refractivity contribution is 6.30. The highest BCUT2D eigenvalue weighted by Crippen LogP contribution is 2.40. The number of nitrogens with two attached hydrogens (primary N) is 5. The van der Waals surface area contributed by atoms with Crippen molar-refractivity contribution in [1.82, 2.24) is 97.8 Å². The molecule has 13 heterocycles. The summed E-state index contributed by atoms with van der Waals surface area (Å²) in [5, 5.41) is 27.2. The second-order valence-corrected chi connectivity index (χ2v) is 32.0. The van der Waals surface area contributed by atoms with Crippen LogP contribution >= 0.6 is 11.6 Å². The topological polar surface area (TPSA) is 434 Å². The van der Waals surface area contributed by atoms with Gasteiger partial charge in [0.25, 0.3) is 0 Å². The van der Waals surface area contributed by atoms with Crippen LogP contribution in [0.25, 0.3) is 84.7 Å². The molecular formula is C97H75ClF18N30O3. The van der Waals surface area contributed by atoms with E-state index in [1.165, 1.54) is 139 Å². The molecule has 0 saturated carbocycles. The molecule has 0 atom stereocenters. The van der Waals surface area contributed by atoms with E-state index in [0.717, 1.165) is 36.4 Å². The number of fused-ring (bicyclic) bond motifs is 5. The van der Waals surface area contributed by atoms with Gasteiger partial charge in [0.2, 0.25) is 41.0 Å². The first-order valence-corrected chi connectivity index (χ1v) is 44.2. The molecule has 13 aromatic heterocycles. The van der Waals surface area contributed by atoms with E-state index >= 15 is 0 Å². The first kappa shape index (κ1) is 103. The van der Waals surface area contributed by atoms with Crippen molar-refractivity contribution >= 4 is 137 Å². The molecule has 0 aliphatic rings. The first-order chi connectivity index (χ1) is 71.2. The highest BCUT2D eigenvalue weighted by atomic mass is 35.5. The normalized spacial score (nSPS) is 11.3. The molecule has 0 amide bonds. The van der Waals surface area contributed by atoms with Gasteiger partial charge in [-0.05, 0) is 167 Å². The van der Waals surface area contributed by atoms with E-state index in [1.807, 2.05) is 20.8 Å². The second kappa shape index (κ2) is 43.5. The number of ether oxygens (including phenoxy) is 3. The van der Waals surface area contributed by atoms with E-state index in [-0.39, 0.29) is 81.4 Å². The third kappa shape index (κ3) is 23.1. The Bertz CT molecular complexity index is 8430. The van der Waals surface area contributed by atoms with Crippen molar-refractivity contribution in [3.8, 4) is 63.3 Å². The zero-order valence-corrected chi connectivity index (χ0v) is 78.4. The van der Waals surface area contributed by atoms with E-state index in [9.17, 15) is 79.0 Å². The lowest BCUT2D eigenvalue weighted by Crippen LogP contribution is -2.10. The van der Waals surface area contributed by atoms with E-state index in [2.05, 4.69) is 111 Å². The zero-order valence-electron chi connectivity index (χ0n) is 77.6. The van der Waals surface area contributed by atoms with Crippen LogP contribution in [0, 0.1) is 77.8 Å². The minimum absolute atomic E-state index is 0.00533. The van der Waals surface area contributed by atoms with Gasteiger partial charge in [-0.25, -0.2) is 79.8 Å². The van der Waals surface area contributed by atoms with Gasteiger partial charge in [0, 0.05) is 94.5 Å². The van der Waals surface area contributed by atoms with Crippen molar-refractivity contribution in [1.29, 1.82) is 0 Å². The third-order valence-electron chi connectivity index (χ3n) is 21.7. The van der Waals surface area contributed by atoms with Crippen molar-refractivity contribution in [2.24, 2.45) is 0 Å². The summed E-state index contributed by atoms with van der Waals surface area (Å²) in [5.74, 6) is -10.1. The van der Waals surface area contributed by atoms with Gasteiger partial charge in [-0.2, -0.15) is 87.9 Å². The number of imidazole rings is 2. The second-order valence-electron chi connectivity index (χ2n) is 31.6. The minimum atomic E-state index is -4.49. The molecule has 0 bridgehead atoms. The number of alkyl halides is 7. The maximum atomic E-state index is 14.6. The van der Waals surface area contributed by atoms with E-state index in [0.29, 0.717) is 131 Å². The smallest absolute Gasteiger partial charge is 0.416 e. The number of hydrogen-bond acceptors (Lipinski definition) is 28. The SMILES string of the molecule is CCc1nn2ccc(F)cc2c1-c1nc(N)c(F)c(Nc2ccc(C(F)(F)F)cc2)n1.CCc1nn2ccc(F)cc2c1-c1nc(N)c(F)c(Nc2ccc(OC(F)F)c(F)c2)n1.CCc1nn2ccc(F)cc2c1-c1nc(N)c(F)c(Nc2ccc(OC(F)F)cc2)n1.COc1cccc(Nc2nc(-n3c(C)nc4ccc(F)cc43)nc(N)c2F)c1.Cc1nc2ccc(F)cc2n1-c1nc(N)c(F)c(Nc2cccc(Cl)c2)n1. The Morgan fingerprint density at radius 2 is 0.691 bits per heavy atom. The van der Waals surface area contributed by atoms with Gasteiger partial charge in [-0.1, -0.05) is 44.5 Å². The summed E-state index contributed by atoms with van der Waals surface area (Å²) < 4.78 is 264. The minimum Gasteiger partial charge on any atom is -0.497 e. The van der Waals surface area contributed by atoms with Crippen LogP contribution < -0.4 is 69.5 Å². The summed E-state index contributed by atoms with van der Waals surface area (Å²) >= 11 is 5.96. The third-order valence-corrected chi connectivity index (χ3v) is 21.9. The standard InChI is InChI=1S/C20H15F5N6O.C20H15F5N6.C20H16F4N6O.C19H16F2N6O.C18H13ClF2N6/c1-2-12-15(13-7-9(21)5-6-31(13)30-12)18-28-17(26)16(23)19(29-18)27-10-3-4-14(11(22)8-10)32-20(24)25;1-2-13-15(14-9-11(21)7-8-31(14)30-13)18-28-17(26)16(22)19(29-18)27-12-5-3-10(4-6-12)20(23,24)25;1-2-13-15(14-9-10(21)7-8-30(14)29-13)18-27-17(25)16(22)19(28-18)26-11-3-5-12(6-4-11)31-20(23)24;1-10-23-14-7-6-11(20)8-15(14)27(10)19-25-17(22)16(21)18(26-19)24-12-4-3-5-13(9-12)28-2;1-9-23-13-6-5-11(20)8-14(13)27(9)18-25-16(22)15(21)17(26-18)24-12-4-2-3-10(19)7-12/h3-8,20H,2H2,1H3,(H3,26,27,28,29);3-9H,2H2,1H3,(H3,26,27,28,29);3-9,20H,2H2,1H3,(H3,25,26,27,28);3-9H,1-2H3,(H3,22,24,25,26);2-8H,1H3,(H3,22,24,25,26). The molecule has 33 nitrogen and oxygen atoms in total. The van der Waals surface area contributed by atoms with Gasteiger partial charge < -0.3 is 69.5 Å². The summed E-state index contributed by atoms with van der Waals surface area (Å²) in [6.45, 7) is 2.78. The Hall–Kier alpha value is -18.6. The predicted molar refractivity (Wildman–Crippen MR) is 520 cm³/mol. The van der Waals surface area contributed by atoms with Crippen LogP contribution in [0.15, 0.2) is 207 Å². The summed E-state index contributed by atoms with van der Waals surface area (Å²) in [5.41, 5.74) is 35.4. The van der Waals surface area contributed by atoms with Crippen LogP contribution in [0.3, 0.4) is 0 Å². The van der Waals surface area contributed by atoms with E-state index in [1.54, 1.807) is 74.5 Å². The Balaban J connectivity index is 0.000000133. The molecule has 149 heavy (non-hydrogen) atoms. The number of benzene rings is 7. The fourth-order valence-corrected chi connectivity index (χ4v) is 15.1. The van der Waals surface area contributed by atoms with Gasteiger partial charge in [0.05, 0.1) is 85.1 Å². The number of halogens is 19. The molecule has 20 aromatic rings.